The molecule has 2 heterocycles. The molecule has 0 bridgehead atoms. The van der Waals surface area contributed by atoms with Gasteiger partial charge in [-0.05, 0) is 18.6 Å². The van der Waals surface area contributed by atoms with Crippen molar-refractivity contribution in [2.75, 3.05) is 5.75 Å². The number of unbranched alkanes of at least 4 members (excludes halogenated alkanes) is 1. The lowest BCUT2D eigenvalue weighted by Crippen LogP contribution is -1.94. The van der Waals surface area contributed by atoms with Crippen molar-refractivity contribution >= 4 is 11.8 Å². The summed E-state index contributed by atoms with van der Waals surface area (Å²) in [6.45, 7) is 0. The Morgan fingerprint density at radius 2 is 2.41 bits per heavy atom. The molecule has 0 spiro atoms. The average Bonchev–Trinajstić information content (AvgIpc) is 2.95. The molecule has 0 aliphatic heterocycles. The van der Waals surface area contributed by atoms with E-state index in [9.17, 15) is 0 Å². The largest absolute Gasteiger partial charge is 0.461 e. The number of nitriles is 1. The fourth-order valence-electron chi connectivity index (χ4n) is 1.38. The molecule has 0 saturated heterocycles. The highest BCUT2D eigenvalue weighted by atomic mass is 32.2. The van der Waals surface area contributed by atoms with Crippen molar-refractivity contribution < 1.29 is 4.42 Å². The quantitative estimate of drug-likeness (QED) is 0.600. The molecule has 0 amide bonds. The SMILES string of the molecule is Cn1c(SCCCC#N)nnc1-c1ccco1. The van der Waals surface area contributed by atoms with Crippen molar-refractivity contribution in [3.05, 3.63) is 18.4 Å². The van der Waals surface area contributed by atoms with Gasteiger partial charge < -0.3 is 8.98 Å². The zero-order chi connectivity index (χ0) is 12.1. The zero-order valence-electron chi connectivity index (χ0n) is 9.46. The number of aromatic nitrogens is 3. The van der Waals surface area contributed by atoms with E-state index in [0.717, 1.165) is 23.2 Å². The number of furan rings is 1. The molecule has 0 unspecified atom stereocenters. The summed E-state index contributed by atoms with van der Waals surface area (Å²) in [5.41, 5.74) is 0. The third-order valence-electron chi connectivity index (χ3n) is 2.24. The summed E-state index contributed by atoms with van der Waals surface area (Å²) in [7, 11) is 1.91. The number of nitrogens with zero attached hydrogens (tertiary/aromatic N) is 4. The summed E-state index contributed by atoms with van der Waals surface area (Å²) in [6.07, 6.45) is 3.06. The van der Waals surface area contributed by atoms with Crippen LogP contribution < -0.4 is 0 Å². The van der Waals surface area contributed by atoms with Gasteiger partial charge in [-0.2, -0.15) is 5.26 Å². The van der Waals surface area contributed by atoms with Gasteiger partial charge >= 0.3 is 0 Å². The Bertz CT molecular complexity index is 512. The van der Waals surface area contributed by atoms with E-state index in [4.69, 9.17) is 9.68 Å². The molecule has 0 fully saturated rings. The molecule has 88 valence electrons. The molecule has 2 aromatic rings. The van der Waals surface area contributed by atoms with Gasteiger partial charge in [-0.25, -0.2) is 0 Å². The number of rotatable bonds is 5. The summed E-state index contributed by atoms with van der Waals surface area (Å²) in [5.74, 6) is 2.30. The second kappa shape index (κ2) is 5.55. The lowest BCUT2D eigenvalue weighted by atomic mass is 10.4. The van der Waals surface area contributed by atoms with E-state index in [0.29, 0.717) is 12.2 Å². The van der Waals surface area contributed by atoms with Gasteiger partial charge in [-0.3, -0.25) is 0 Å². The maximum absolute atomic E-state index is 8.44. The van der Waals surface area contributed by atoms with Crippen molar-refractivity contribution in [3.63, 3.8) is 0 Å². The molecule has 0 N–H and O–H groups in total. The second-order valence-electron chi connectivity index (χ2n) is 3.45. The van der Waals surface area contributed by atoms with Gasteiger partial charge in [0.05, 0.1) is 12.3 Å². The Morgan fingerprint density at radius 1 is 1.53 bits per heavy atom. The van der Waals surface area contributed by atoms with E-state index >= 15 is 0 Å². The van der Waals surface area contributed by atoms with Crippen molar-refractivity contribution in [1.29, 1.82) is 5.26 Å². The van der Waals surface area contributed by atoms with E-state index in [2.05, 4.69) is 16.3 Å². The van der Waals surface area contributed by atoms with E-state index in [-0.39, 0.29) is 0 Å². The Hall–Kier alpha value is -1.74. The topological polar surface area (TPSA) is 67.6 Å². The van der Waals surface area contributed by atoms with Crippen LogP contribution in [0.3, 0.4) is 0 Å². The van der Waals surface area contributed by atoms with Gasteiger partial charge in [-0.15, -0.1) is 10.2 Å². The summed E-state index contributed by atoms with van der Waals surface area (Å²) in [4.78, 5) is 0. The van der Waals surface area contributed by atoms with E-state index in [1.165, 1.54) is 0 Å². The highest BCUT2D eigenvalue weighted by Gasteiger charge is 2.12. The molecule has 0 radical (unpaired) electrons. The molecular weight excluding hydrogens is 236 g/mol. The van der Waals surface area contributed by atoms with Crippen LogP contribution in [0.4, 0.5) is 0 Å². The molecular formula is C11H12N4OS. The minimum atomic E-state index is 0.579. The zero-order valence-corrected chi connectivity index (χ0v) is 10.3. The highest BCUT2D eigenvalue weighted by molar-refractivity contribution is 7.99. The van der Waals surface area contributed by atoms with Crippen LogP contribution in [0, 0.1) is 11.3 Å². The van der Waals surface area contributed by atoms with Crippen LogP contribution in [0.5, 0.6) is 0 Å². The third-order valence-corrected chi connectivity index (χ3v) is 3.35. The monoisotopic (exact) mass is 248 g/mol. The van der Waals surface area contributed by atoms with E-state index < -0.39 is 0 Å². The Balaban J connectivity index is 2.04. The average molecular weight is 248 g/mol. The Morgan fingerprint density at radius 3 is 3.12 bits per heavy atom. The van der Waals surface area contributed by atoms with Crippen molar-refractivity contribution in [3.8, 4) is 17.7 Å². The van der Waals surface area contributed by atoms with Crippen LogP contribution in [0.1, 0.15) is 12.8 Å². The van der Waals surface area contributed by atoms with Crippen LogP contribution in [0.15, 0.2) is 28.0 Å². The van der Waals surface area contributed by atoms with Crippen LogP contribution >= 0.6 is 11.8 Å². The summed E-state index contributed by atoms with van der Waals surface area (Å²) in [5, 5.41) is 17.5. The van der Waals surface area contributed by atoms with Gasteiger partial charge in [0.25, 0.3) is 0 Å². The van der Waals surface area contributed by atoms with Gasteiger partial charge in [0, 0.05) is 19.2 Å². The predicted octanol–water partition coefficient (Wildman–Crippen LogP) is 2.47. The lowest BCUT2D eigenvalue weighted by molar-refractivity contribution is 0.572. The molecule has 0 aromatic carbocycles. The smallest absolute Gasteiger partial charge is 0.200 e. The van der Waals surface area contributed by atoms with Crippen molar-refractivity contribution in [1.82, 2.24) is 14.8 Å². The molecule has 6 heteroatoms. The number of thioether (sulfide) groups is 1. The van der Waals surface area contributed by atoms with E-state index in [1.807, 2.05) is 23.7 Å². The predicted molar refractivity (Wildman–Crippen MR) is 64.3 cm³/mol. The van der Waals surface area contributed by atoms with Crippen LogP contribution in [-0.4, -0.2) is 20.5 Å². The van der Waals surface area contributed by atoms with Crippen LogP contribution in [0.25, 0.3) is 11.6 Å². The first-order valence-electron chi connectivity index (χ1n) is 5.26. The molecule has 2 aromatic heterocycles. The molecule has 0 aliphatic rings. The maximum Gasteiger partial charge on any atom is 0.200 e. The maximum atomic E-state index is 8.44. The molecule has 0 saturated carbocycles. The van der Waals surface area contributed by atoms with E-state index in [1.54, 1.807) is 18.0 Å². The van der Waals surface area contributed by atoms with Crippen LogP contribution in [0.2, 0.25) is 0 Å². The summed E-state index contributed by atoms with van der Waals surface area (Å²) in [6, 6.07) is 5.80. The van der Waals surface area contributed by atoms with Gasteiger partial charge in [0.2, 0.25) is 0 Å². The molecule has 5 nitrogen and oxygen atoms in total. The van der Waals surface area contributed by atoms with Gasteiger partial charge in [0.15, 0.2) is 16.7 Å². The lowest BCUT2D eigenvalue weighted by Gasteiger charge is -2.00. The molecule has 0 atom stereocenters. The third kappa shape index (κ3) is 2.68. The van der Waals surface area contributed by atoms with Crippen LogP contribution in [-0.2, 0) is 7.05 Å². The first-order chi connectivity index (χ1) is 8.33. The minimum Gasteiger partial charge on any atom is -0.461 e. The van der Waals surface area contributed by atoms with Gasteiger partial charge in [0.1, 0.15) is 0 Å². The standard InChI is InChI=1S/C11H12N4OS/c1-15-10(9-5-4-7-16-9)13-14-11(15)17-8-3-2-6-12/h4-5,7H,2-3,8H2,1H3. The Kier molecular flexibility index (Phi) is 3.83. The Labute approximate surface area is 103 Å². The molecule has 2 rings (SSSR count). The highest BCUT2D eigenvalue weighted by Crippen LogP contribution is 2.23. The first kappa shape index (κ1) is 11.7. The number of hydrogen-bond acceptors (Lipinski definition) is 5. The fraction of sp³-hybridized carbons (Fsp3) is 0.364. The molecule has 0 aliphatic carbocycles. The van der Waals surface area contributed by atoms with Gasteiger partial charge in [-0.1, -0.05) is 11.8 Å². The summed E-state index contributed by atoms with van der Waals surface area (Å²) < 4.78 is 7.18. The molecule has 17 heavy (non-hydrogen) atoms. The minimum absolute atomic E-state index is 0.579. The number of hydrogen-bond donors (Lipinski definition) is 0. The fourth-order valence-corrected chi connectivity index (χ4v) is 2.23. The van der Waals surface area contributed by atoms with Crippen molar-refractivity contribution in [2.45, 2.75) is 18.0 Å². The van der Waals surface area contributed by atoms with Crippen molar-refractivity contribution in [2.24, 2.45) is 7.05 Å². The first-order valence-corrected chi connectivity index (χ1v) is 6.24. The summed E-state index contributed by atoms with van der Waals surface area (Å²) >= 11 is 1.60. The normalized spacial score (nSPS) is 10.4. The second-order valence-corrected chi connectivity index (χ2v) is 4.51.